The molecule has 0 atom stereocenters. The van der Waals surface area contributed by atoms with Crippen molar-refractivity contribution in [2.45, 2.75) is 44.7 Å². The molecule has 0 N–H and O–H groups in total. The average molecular weight is 270 g/mol. The second-order valence-corrected chi connectivity index (χ2v) is 5.19. The zero-order valence-electron chi connectivity index (χ0n) is 10.7. The Morgan fingerprint density at radius 3 is 2.21 bits per heavy atom. The fourth-order valence-corrected chi connectivity index (χ4v) is 2.62. The lowest BCUT2D eigenvalue weighted by atomic mass is 9.97. The molecule has 0 radical (unpaired) electrons. The molecule has 4 heteroatoms. The molecular formula is C15H17F3O. The van der Waals surface area contributed by atoms with Crippen LogP contribution in [0, 0.1) is 5.92 Å². The van der Waals surface area contributed by atoms with Crippen LogP contribution in [0.15, 0.2) is 24.3 Å². The van der Waals surface area contributed by atoms with Gasteiger partial charge in [0, 0.05) is 12.0 Å². The predicted molar refractivity (Wildman–Crippen MR) is 67.0 cm³/mol. The molecule has 0 spiro atoms. The molecule has 1 aliphatic carbocycles. The van der Waals surface area contributed by atoms with Crippen LogP contribution in [0.25, 0.3) is 0 Å². The van der Waals surface area contributed by atoms with Crippen LogP contribution in [-0.2, 0) is 6.18 Å². The SMILES string of the molecule is O=C(CCC1CCCC1)c1ccc(C(F)(F)F)cc1. The van der Waals surface area contributed by atoms with E-state index in [-0.39, 0.29) is 5.78 Å². The molecule has 104 valence electrons. The maximum absolute atomic E-state index is 12.4. The zero-order chi connectivity index (χ0) is 13.9. The van der Waals surface area contributed by atoms with E-state index in [4.69, 9.17) is 0 Å². The van der Waals surface area contributed by atoms with E-state index in [0.29, 0.717) is 17.9 Å². The quantitative estimate of drug-likeness (QED) is 0.714. The number of hydrogen-bond donors (Lipinski definition) is 0. The highest BCUT2D eigenvalue weighted by Gasteiger charge is 2.30. The van der Waals surface area contributed by atoms with Gasteiger partial charge in [0.05, 0.1) is 5.56 Å². The predicted octanol–water partition coefficient (Wildman–Crippen LogP) is 4.86. The number of ketones is 1. The van der Waals surface area contributed by atoms with E-state index in [1.807, 2.05) is 0 Å². The summed E-state index contributed by atoms with van der Waals surface area (Å²) in [4.78, 5) is 11.9. The number of halogens is 3. The fraction of sp³-hybridized carbons (Fsp3) is 0.533. The lowest BCUT2D eigenvalue weighted by Gasteiger charge is -2.09. The minimum atomic E-state index is -4.34. The van der Waals surface area contributed by atoms with Crippen LogP contribution in [-0.4, -0.2) is 5.78 Å². The molecule has 0 bridgehead atoms. The Kier molecular flexibility index (Phi) is 4.27. The third-order valence-corrected chi connectivity index (χ3v) is 3.79. The van der Waals surface area contributed by atoms with E-state index >= 15 is 0 Å². The molecule has 2 rings (SSSR count). The highest BCUT2D eigenvalue weighted by Crippen LogP contribution is 2.30. The summed E-state index contributed by atoms with van der Waals surface area (Å²) in [6.45, 7) is 0. The van der Waals surface area contributed by atoms with Crippen molar-refractivity contribution in [3.63, 3.8) is 0 Å². The Balaban J connectivity index is 1.92. The smallest absolute Gasteiger partial charge is 0.294 e. The van der Waals surface area contributed by atoms with Gasteiger partial charge in [0.15, 0.2) is 5.78 Å². The molecule has 1 fully saturated rings. The minimum absolute atomic E-state index is 0.0550. The first kappa shape index (κ1) is 14.1. The van der Waals surface area contributed by atoms with E-state index in [2.05, 4.69) is 0 Å². The van der Waals surface area contributed by atoms with Gasteiger partial charge in [0.1, 0.15) is 0 Å². The van der Waals surface area contributed by atoms with Crippen molar-refractivity contribution in [1.82, 2.24) is 0 Å². The van der Waals surface area contributed by atoms with E-state index in [0.717, 1.165) is 18.6 Å². The summed E-state index contributed by atoms with van der Waals surface area (Å²) >= 11 is 0. The second kappa shape index (κ2) is 5.76. The van der Waals surface area contributed by atoms with Crippen LogP contribution < -0.4 is 0 Å². The first-order valence-corrected chi connectivity index (χ1v) is 6.67. The lowest BCUT2D eigenvalue weighted by Crippen LogP contribution is -2.07. The molecule has 1 saturated carbocycles. The summed E-state index contributed by atoms with van der Waals surface area (Å²) < 4.78 is 37.2. The van der Waals surface area contributed by atoms with Crippen LogP contribution in [0.5, 0.6) is 0 Å². The number of benzene rings is 1. The van der Waals surface area contributed by atoms with Gasteiger partial charge in [-0.3, -0.25) is 4.79 Å². The van der Waals surface area contributed by atoms with Crippen LogP contribution >= 0.6 is 0 Å². The molecule has 0 aliphatic heterocycles. The van der Waals surface area contributed by atoms with Gasteiger partial charge in [-0.1, -0.05) is 37.8 Å². The Morgan fingerprint density at radius 2 is 1.68 bits per heavy atom. The van der Waals surface area contributed by atoms with E-state index in [1.165, 1.54) is 37.8 Å². The standard InChI is InChI=1S/C15H17F3O/c16-15(17,18)13-8-6-12(7-9-13)14(19)10-5-11-3-1-2-4-11/h6-9,11H,1-5,10H2. The highest BCUT2D eigenvalue weighted by atomic mass is 19.4. The Labute approximate surface area is 110 Å². The summed E-state index contributed by atoms with van der Waals surface area (Å²) in [5, 5.41) is 0. The normalized spacial score (nSPS) is 16.8. The van der Waals surface area contributed by atoms with Gasteiger partial charge in [-0.2, -0.15) is 13.2 Å². The zero-order valence-corrected chi connectivity index (χ0v) is 10.7. The molecule has 1 nitrogen and oxygen atoms in total. The topological polar surface area (TPSA) is 17.1 Å². The van der Waals surface area contributed by atoms with Gasteiger partial charge < -0.3 is 0 Å². The average Bonchev–Trinajstić information content (AvgIpc) is 2.88. The first-order chi connectivity index (χ1) is 8.97. The van der Waals surface area contributed by atoms with Crippen molar-refractivity contribution in [2.75, 3.05) is 0 Å². The minimum Gasteiger partial charge on any atom is -0.294 e. The van der Waals surface area contributed by atoms with Crippen LogP contribution in [0.2, 0.25) is 0 Å². The first-order valence-electron chi connectivity index (χ1n) is 6.67. The van der Waals surface area contributed by atoms with Crippen LogP contribution in [0.3, 0.4) is 0 Å². The molecule has 0 heterocycles. The monoisotopic (exact) mass is 270 g/mol. The largest absolute Gasteiger partial charge is 0.416 e. The van der Waals surface area contributed by atoms with Crippen LogP contribution in [0.1, 0.15) is 54.4 Å². The van der Waals surface area contributed by atoms with Gasteiger partial charge in [0.2, 0.25) is 0 Å². The number of rotatable bonds is 4. The number of carbonyl (C=O) groups is 1. The van der Waals surface area contributed by atoms with Crippen LogP contribution in [0.4, 0.5) is 13.2 Å². The third-order valence-electron chi connectivity index (χ3n) is 3.79. The number of Topliss-reactive ketones (excluding diaryl/α,β-unsaturated/α-hetero) is 1. The van der Waals surface area contributed by atoms with Gasteiger partial charge in [-0.15, -0.1) is 0 Å². The van der Waals surface area contributed by atoms with Gasteiger partial charge in [-0.25, -0.2) is 0 Å². The summed E-state index contributed by atoms with van der Waals surface area (Å²) in [7, 11) is 0. The molecular weight excluding hydrogens is 253 g/mol. The van der Waals surface area contributed by atoms with E-state index in [9.17, 15) is 18.0 Å². The molecule has 0 aromatic heterocycles. The van der Waals surface area contributed by atoms with Gasteiger partial charge in [-0.05, 0) is 24.5 Å². The number of carbonyl (C=O) groups excluding carboxylic acids is 1. The molecule has 0 unspecified atom stereocenters. The van der Waals surface area contributed by atoms with E-state index < -0.39 is 11.7 Å². The molecule has 19 heavy (non-hydrogen) atoms. The van der Waals surface area contributed by atoms with Crippen molar-refractivity contribution in [3.8, 4) is 0 Å². The Hall–Kier alpha value is -1.32. The van der Waals surface area contributed by atoms with E-state index in [1.54, 1.807) is 0 Å². The molecule has 0 amide bonds. The summed E-state index contributed by atoms with van der Waals surface area (Å²) in [5.41, 5.74) is -0.328. The second-order valence-electron chi connectivity index (χ2n) is 5.19. The maximum Gasteiger partial charge on any atom is 0.416 e. The summed E-state index contributed by atoms with van der Waals surface area (Å²) in [5.74, 6) is 0.569. The Bertz CT molecular complexity index is 428. The van der Waals surface area contributed by atoms with Gasteiger partial charge >= 0.3 is 6.18 Å². The number of alkyl halides is 3. The third kappa shape index (κ3) is 3.82. The van der Waals surface area contributed by atoms with Crippen molar-refractivity contribution < 1.29 is 18.0 Å². The summed E-state index contributed by atoms with van der Waals surface area (Å²) in [6, 6.07) is 4.51. The maximum atomic E-state index is 12.4. The molecule has 1 aliphatic rings. The molecule has 0 saturated heterocycles. The van der Waals surface area contributed by atoms with Gasteiger partial charge in [0.25, 0.3) is 0 Å². The lowest BCUT2D eigenvalue weighted by molar-refractivity contribution is -0.137. The fourth-order valence-electron chi connectivity index (χ4n) is 2.62. The van der Waals surface area contributed by atoms with Crippen molar-refractivity contribution in [2.24, 2.45) is 5.92 Å². The van der Waals surface area contributed by atoms with Crippen molar-refractivity contribution >= 4 is 5.78 Å². The molecule has 1 aromatic carbocycles. The number of hydrogen-bond acceptors (Lipinski definition) is 1. The van der Waals surface area contributed by atoms with Crippen molar-refractivity contribution in [3.05, 3.63) is 35.4 Å². The van der Waals surface area contributed by atoms with Crippen molar-refractivity contribution in [1.29, 1.82) is 0 Å². The highest BCUT2D eigenvalue weighted by molar-refractivity contribution is 5.96. The Morgan fingerprint density at radius 1 is 1.11 bits per heavy atom. The molecule has 1 aromatic rings. The summed E-state index contributed by atoms with van der Waals surface area (Å²) in [6.07, 6.45) is 1.79.